The van der Waals surface area contributed by atoms with Gasteiger partial charge in [0.25, 0.3) is 5.91 Å². The van der Waals surface area contributed by atoms with E-state index < -0.39 is 12.6 Å². The monoisotopic (exact) mass is 456 g/mol. The van der Waals surface area contributed by atoms with E-state index in [9.17, 15) is 9.59 Å². The van der Waals surface area contributed by atoms with Crippen LogP contribution in [0.4, 0.5) is 5.82 Å². The number of carbonyl (C=O) groups is 2. The van der Waals surface area contributed by atoms with Crippen LogP contribution in [-0.4, -0.2) is 74.6 Å². The molecular weight excluding hydrogens is 436 g/mol. The van der Waals surface area contributed by atoms with E-state index in [1.807, 2.05) is 12.1 Å². The molecule has 1 saturated heterocycles. The van der Waals surface area contributed by atoms with Crippen molar-refractivity contribution in [3.05, 3.63) is 65.1 Å². The first kappa shape index (κ1) is 21.7. The van der Waals surface area contributed by atoms with Crippen LogP contribution in [0.1, 0.15) is 16.1 Å². The summed E-state index contributed by atoms with van der Waals surface area (Å²) in [7, 11) is 0. The molecule has 1 aromatic carbocycles. The lowest BCUT2D eigenvalue weighted by atomic mass is 10.1. The van der Waals surface area contributed by atoms with Gasteiger partial charge in [-0.25, -0.2) is 14.5 Å². The summed E-state index contributed by atoms with van der Waals surface area (Å²) >= 11 is 6.06. The molecule has 1 aliphatic rings. The maximum atomic E-state index is 13.3. The molecule has 0 radical (unpaired) electrons. The van der Waals surface area contributed by atoms with E-state index in [0.29, 0.717) is 48.1 Å². The van der Waals surface area contributed by atoms with Crippen LogP contribution < -0.4 is 4.90 Å². The van der Waals surface area contributed by atoms with Crippen molar-refractivity contribution in [3.63, 3.8) is 0 Å². The quantitative estimate of drug-likeness (QED) is 0.573. The van der Waals surface area contributed by atoms with Gasteiger partial charge in [-0.15, -0.1) is 5.10 Å². The summed E-state index contributed by atoms with van der Waals surface area (Å²) in [5, 5.41) is 17.4. The number of piperazine rings is 1. The summed E-state index contributed by atoms with van der Waals surface area (Å²) in [6, 6.07) is 10.7. The number of anilines is 1. The van der Waals surface area contributed by atoms with Gasteiger partial charge in [0, 0.05) is 37.4 Å². The fraction of sp³-hybridized carbons (Fsp3) is 0.286. The number of aromatic nitrogens is 4. The van der Waals surface area contributed by atoms with Crippen LogP contribution in [0.25, 0.3) is 5.69 Å². The number of carboxylic acids is 1. The highest BCUT2D eigenvalue weighted by Gasteiger charge is 2.25. The number of rotatable bonds is 7. The van der Waals surface area contributed by atoms with Gasteiger partial charge in [0.2, 0.25) is 0 Å². The minimum absolute atomic E-state index is 0.0158. The number of para-hydroxylation sites is 1. The number of amides is 1. The highest BCUT2D eigenvalue weighted by molar-refractivity contribution is 6.30. The number of benzene rings is 1. The summed E-state index contributed by atoms with van der Waals surface area (Å²) < 4.78 is 6.55. The van der Waals surface area contributed by atoms with Crippen LogP contribution in [0.3, 0.4) is 0 Å². The normalized spacial score (nSPS) is 13.9. The molecule has 1 amide bonds. The summed E-state index contributed by atoms with van der Waals surface area (Å²) in [5.74, 6) is -0.358. The highest BCUT2D eigenvalue weighted by Crippen LogP contribution is 2.21. The van der Waals surface area contributed by atoms with Crippen molar-refractivity contribution in [3.8, 4) is 5.69 Å². The molecule has 10 nitrogen and oxygen atoms in total. The maximum Gasteiger partial charge on any atom is 0.329 e. The molecule has 1 fully saturated rings. The Labute approximate surface area is 189 Å². The average Bonchev–Trinajstić information content (AvgIpc) is 3.27. The zero-order chi connectivity index (χ0) is 22.5. The fourth-order valence-corrected chi connectivity index (χ4v) is 3.61. The number of nitrogens with zero attached hydrogens (tertiary/aromatic N) is 6. The molecule has 1 aliphatic heterocycles. The minimum Gasteiger partial charge on any atom is -0.480 e. The molecule has 3 heterocycles. The van der Waals surface area contributed by atoms with Crippen LogP contribution in [0, 0.1) is 0 Å². The van der Waals surface area contributed by atoms with Crippen molar-refractivity contribution < 1.29 is 19.4 Å². The minimum atomic E-state index is -1.06. The van der Waals surface area contributed by atoms with Gasteiger partial charge < -0.3 is 19.6 Å². The van der Waals surface area contributed by atoms with Crippen molar-refractivity contribution in [1.82, 2.24) is 24.9 Å². The van der Waals surface area contributed by atoms with Gasteiger partial charge in [-0.1, -0.05) is 28.9 Å². The molecule has 4 rings (SSSR count). The van der Waals surface area contributed by atoms with Gasteiger partial charge in [0.1, 0.15) is 18.1 Å². The smallest absolute Gasteiger partial charge is 0.329 e. The van der Waals surface area contributed by atoms with E-state index in [1.54, 1.807) is 41.6 Å². The number of hydrogen-bond donors (Lipinski definition) is 1. The molecule has 0 bridgehead atoms. The van der Waals surface area contributed by atoms with Gasteiger partial charge in [0.15, 0.2) is 0 Å². The first-order valence-electron chi connectivity index (χ1n) is 9.97. The molecule has 0 unspecified atom stereocenters. The van der Waals surface area contributed by atoms with Gasteiger partial charge in [0.05, 0.1) is 24.1 Å². The second-order valence-corrected chi connectivity index (χ2v) is 7.61. The first-order chi connectivity index (χ1) is 15.5. The lowest BCUT2D eigenvalue weighted by molar-refractivity contribution is -0.142. The number of carbonyl (C=O) groups excluding carboxylic acids is 1. The Hall–Kier alpha value is -3.50. The van der Waals surface area contributed by atoms with Crippen LogP contribution >= 0.6 is 11.6 Å². The zero-order valence-corrected chi connectivity index (χ0v) is 17.9. The van der Waals surface area contributed by atoms with E-state index in [2.05, 4.69) is 20.2 Å². The van der Waals surface area contributed by atoms with E-state index >= 15 is 0 Å². The molecule has 0 spiro atoms. The molecule has 0 saturated carbocycles. The second-order valence-electron chi connectivity index (χ2n) is 7.17. The zero-order valence-electron chi connectivity index (χ0n) is 17.1. The number of aliphatic carboxylic acids is 1. The first-order valence-corrected chi connectivity index (χ1v) is 10.3. The number of halogens is 1. The Morgan fingerprint density at radius 3 is 2.66 bits per heavy atom. The Kier molecular flexibility index (Phi) is 6.62. The predicted molar refractivity (Wildman–Crippen MR) is 116 cm³/mol. The number of pyridine rings is 1. The second kappa shape index (κ2) is 9.75. The average molecular weight is 457 g/mol. The molecular formula is C21H21ClN6O4. The fourth-order valence-electron chi connectivity index (χ4n) is 3.45. The van der Waals surface area contributed by atoms with Crippen LogP contribution in [0.2, 0.25) is 5.02 Å². The summed E-state index contributed by atoms with van der Waals surface area (Å²) in [4.78, 5) is 32.1. The SMILES string of the molecule is O=C(O)COCc1cn(-c2ccccc2C(=O)N2CCN(c3cc(Cl)ccn3)CC2)nn1. The van der Waals surface area contributed by atoms with E-state index in [0.717, 1.165) is 5.82 Å². The van der Waals surface area contributed by atoms with E-state index in [-0.39, 0.29) is 12.5 Å². The number of hydrogen-bond acceptors (Lipinski definition) is 7. The van der Waals surface area contributed by atoms with Crippen molar-refractivity contribution in [2.75, 3.05) is 37.7 Å². The molecule has 11 heteroatoms. The standard InChI is InChI=1S/C21H21ClN6O4/c22-15-5-6-23-19(11-15)26-7-9-27(10-8-26)21(31)17-3-1-2-4-18(17)28-12-16(24-25-28)13-32-14-20(29)30/h1-6,11-12H,7-10,13-14H2,(H,29,30). The van der Waals surface area contributed by atoms with E-state index in [1.165, 1.54) is 4.68 Å². The number of ether oxygens (including phenoxy) is 1. The van der Waals surface area contributed by atoms with Crippen molar-refractivity contribution >= 4 is 29.3 Å². The molecule has 0 aliphatic carbocycles. The van der Waals surface area contributed by atoms with Crippen molar-refractivity contribution in [2.24, 2.45) is 0 Å². The Morgan fingerprint density at radius 2 is 1.91 bits per heavy atom. The highest BCUT2D eigenvalue weighted by atomic mass is 35.5. The molecule has 0 atom stereocenters. The third-order valence-electron chi connectivity index (χ3n) is 5.00. The summed E-state index contributed by atoms with van der Waals surface area (Å²) in [6.45, 7) is 1.99. The molecule has 32 heavy (non-hydrogen) atoms. The maximum absolute atomic E-state index is 13.3. The van der Waals surface area contributed by atoms with Crippen molar-refractivity contribution in [2.45, 2.75) is 6.61 Å². The summed E-state index contributed by atoms with van der Waals surface area (Å²) in [5.41, 5.74) is 1.56. The third-order valence-corrected chi connectivity index (χ3v) is 5.23. The van der Waals surface area contributed by atoms with Crippen LogP contribution in [0.15, 0.2) is 48.8 Å². The lowest BCUT2D eigenvalue weighted by Crippen LogP contribution is -2.49. The lowest BCUT2D eigenvalue weighted by Gasteiger charge is -2.35. The van der Waals surface area contributed by atoms with Gasteiger partial charge in [-0.05, 0) is 24.3 Å². The Morgan fingerprint density at radius 1 is 1.12 bits per heavy atom. The molecule has 166 valence electrons. The Bertz CT molecular complexity index is 1110. The van der Waals surface area contributed by atoms with Crippen LogP contribution in [0.5, 0.6) is 0 Å². The van der Waals surface area contributed by atoms with Gasteiger partial charge in [-0.2, -0.15) is 0 Å². The number of carboxylic acid groups (broad SMARTS) is 1. The molecule has 2 aromatic heterocycles. The largest absolute Gasteiger partial charge is 0.480 e. The third kappa shape index (κ3) is 5.04. The Balaban J connectivity index is 1.44. The van der Waals surface area contributed by atoms with E-state index in [4.69, 9.17) is 21.4 Å². The molecule has 3 aromatic rings. The van der Waals surface area contributed by atoms with Gasteiger partial charge >= 0.3 is 5.97 Å². The molecule has 1 N–H and O–H groups in total. The summed E-state index contributed by atoms with van der Waals surface area (Å²) in [6.07, 6.45) is 3.29. The van der Waals surface area contributed by atoms with Crippen LogP contribution in [-0.2, 0) is 16.1 Å². The predicted octanol–water partition coefficient (Wildman–Crippen LogP) is 1.88. The topological polar surface area (TPSA) is 114 Å². The van der Waals surface area contributed by atoms with Gasteiger partial charge in [-0.3, -0.25) is 4.79 Å². The van der Waals surface area contributed by atoms with Crippen molar-refractivity contribution in [1.29, 1.82) is 0 Å².